The van der Waals surface area contributed by atoms with E-state index >= 15 is 0 Å². The van der Waals surface area contributed by atoms with Crippen molar-refractivity contribution in [2.45, 2.75) is 6.18 Å². The molecule has 28 heavy (non-hydrogen) atoms. The van der Waals surface area contributed by atoms with Crippen LogP contribution < -0.4 is 10.6 Å². The number of rotatable bonds is 4. The predicted molar refractivity (Wildman–Crippen MR) is 85.8 cm³/mol. The number of alkyl halides is 3. The average Bonchev–Trinajstić information content (AvgIpc) is 3.11. The topological polar surface area (TPSA) is 110 Å². The Morgan fingerprint density at radius 2 is 1.79 bits per heavy atom. The van der Waals surface area contributed by atoms with Crippen LogP contribution in [0.4, 0.5) is 29.3 Å². The standard InChI is InChI=1S/C16H9F4N5O3/c17-10-2-1-8(5-9(10)16(18,19)20)23-14(27)12-7-28-15(24-12)25-13(26)11-6-21-3-4-22-11/h1-7H,(H,23,27)(H,24,25,26). The fourth-order valence-corrected chi connectivity index (χ4v) is 2.03. The van der Waals surface area contributed by atoms with Gasteiger partial charge >= 0.3 is 12.2 Å². The number of halogens is 4. The summed E-state index contributed by atoms with van der Waals surface area (Å²) in [5, 5.41) is 4.37. The highest BCUT2D eigenvalue weighted by molar-refractivity contribution is 6.04. The lowest BCUT2D eigenvalue weighted by Crippen LogP contribution is -2.16. The summed E-state index contributed by atoms with van der Waals surface area (Å²) in [6.07, 6.45) is -0.184. The zero-order valence-electron chi connectivity index (χ0n) is 13.6. The van der Waals surface area contributed by atoms with Gasteiger partial charge in [-0.3, -0.25) is 19.9 Å². The Morgan fingerprint density at radius 3 is 2.46 bits per heavy atom. The second-order valence-electron chi connectivity index (χ2n) is 5.23. The molecule has 0 aliphatic heterocycles. The third kappa shape index (κ3) is 4.28. The number of nitrogens with one attached hydrogen (secondary N) is 2. The van der Waals surface area contributed by atoms with E-state index in [0.717, 1.165) is 12.3 Å². The first-order valence-corrected chi connectivity index (χ1v) is 7.45. The van der Waals surface area contributed by atoms with Crippen LogP contribution in [0.25, 0.3) is 0 Å². The monoisotopic (exact) mass is 395 g/mol. The van der Waals surface area contributed by atoms with Crippen molar-refractivity contribution >= 4 is 23.5 Å². The zero-order chi connectivity index (χ0) is 20.3. The normalized spacial score (nSPS) is 11.1. The molecule has 2 N–H and O–H groups in total. The summed E-state index contributed by atoms with van der Waals surface area (Å²) in [7, 11) is 0. The number of carbonyl (C=O) groups is 2. The van der Waals surface area contributed by atoms with Gasteiger partial charge in [-0.25, -0.2) is 9.37 Å². The maximum absolute atomic E-state index is 13.3. The van der Waals surface area contributed by atoms with Gasteiger partial charge in [0, 0.05) is 18.1 Å². The Bertz CT molecular complexity index is 1020. The first kappa shape index (κ1) is 18.9. The van der Waals surface area contributed by atoms with Gasteiger partial charge in [-0.05, 0) is 18.2 Å². The number of aromatic nitrogens is 3. The fourth-order valence-electron chi connectivity index (χ4n) is 2.03. The molecule has 1 aromatic carbocycles. The number of amides is 2. The summed E-state index contributed by atoms with van der Waals surface area (Å²) in [6, 6.07) is 1.65. The molecule has 2 aromatic heterocycles. The summed E-state index contributed by atoms with van der Waals surface area (Å²) < 4.78 is 56.4. The number of hydrogen-bond acceptors (Lipinski definition) is 6. The van der Waals surface area contributed by atoms with Gasteiger partial charge in [-0.2, -0.15) is 18.2 Å². The van der Waals surface area contributed by atoms with Crippen LogP contribution in [0.1, 0.15) is 26.5 Å². The van der Waals surface area contributed by atoms with Crippen LogP contribution in [0.3, 0.4) is 0 Å². The van der Waals surface area contributed by atoms with Crippen LogP contribution in [-0.4, -0.2) is 26.8 Å². The fraction of sp³-hybridized carbons (Fsp3) is 0.0625. The molecule has 3 aromatic rings. The maximum Gasteiger partial charge on any atom is 0.419 e. The maximum atomic E-state index is 13.3. The molecule has 12 heteroatoms. The van der Waals surface area contributed by atoms with Crippen LogP contribution in [0.15, 0.2) is 47.5 Å². The number of oxazole rings is 1. The average molecular weight is 395 g/mol. The minimum absolute atomic E-state index is 0.0299. The Hall–Kier alpha value is -3.83. The molecule has 0 atom stereocenters. The van der Waals surface area contributed by atoms with E-state index in [0.29, 0.717) is 12.1 Å². The third-order valence-electron chi connectivity index (χ3n) is 3.28. The summed E-state index contributed by atoms with van der Waals surface area (Å²) in [5.74, 6) is -3.10. The molecule has 0 spiro atoms. The molecule has 0 aliphatic carbocycles. The molecule has 8 nitrogen and oxygen atoms in total. The predicted octanol–water partition coefficient (Wildman–Crippen LogP) is 3.13. The molecular weight excluding hydrogens is 386 g/mol. The lowest BCUT2D eigenvalue weighted by Gasteiger charge is -2.10. The van der Waals surface area contributed by atoms with E-state index in [-0.39, 0.29) is 23.1 Å². The van der Waals surface area contributed by atoms with Crippen molar-refractivity contribution in [3.05, 3.63) is 65.8 Å². The highest BCUT2D eigenvalue weighted by Gasteiger charge is 2.34. The van der Waals surface area contributed by atoms with Crippen molar-refractivity contribution in [1.29, 1.82) is 0 Å². The molecule has 0 saturated heterocycles. The van der Waals surface area contributed by atoms with Crippen molar-refractivity contribution in [2.24, 2.45) is 0 Å². The second-order valence-corrected chi connectivity index (χ2v) is 5.23. The lowest BCUT2D eigenvalue weighted by molar-refractivity contribution is -0.139. The molecule has 0 bridgehead atoms. The van der Waals surface area contributed by atoms with E-state index < -0.39 is 29.4 Å². The van der Waals surface area contributed by atoms with E-state index in [9.17, 15) is 27.2 Å². The Morgan fingerprint density at radius 1 is 1.04 bits per heavy atom. The molecule has 0 radical (unpaired) electrons. The van der Waals surface area contributed by atoms with Gasteiger partial charge in [-0.1, -0.05) is 0 Å². The van der Waals surface area contributed by atoms with E-state index in [1.54, 1.807) is 0 Å². The SMILES string of the molecule is O=C(Nc1ccc(F)c(C(F)(F)F)c1)c1coc(NC(=O)c2cnccn2)n1. The van der Waals surface area contributed by atoms with Crippen LogP contribution in [-0.2, 0) is 6.18 Å². The third-order valence-corrected chi connectivity index (χ3v) is 3.28. The largest absolute Gasteiger partial charge is 0.431 e. The van der Waals surface area contributed by atoms with Crippen molar-refractivity contribution in [3.63, 3.8) is 0 Å². The number of benzene rings is 1. The van der Waals surface area contributed by atoms with Gasteiger partial charge in [0.25, 0.3) is 11.8 Å². The number of carbonyl (C=O) groups excluding carboxylic acids is 2. The minimum atomic E-state index is -4.92. The van der Waals surface area contributed by atoms with Crippen LogP contribution in [0.2, 0.25) is 0 Å². The van der Waals surface area contributed by atoms with E-state index in [1.165, 1.54) is 18.6 Å². The van der Waals surface area contributed by atoms with Crippen LogP contribution in [0.5, 0.6) is 0 Å². The van der Waals surface area contributed by atoms with Gasteiger partial charge in [0.1, 0.15) is 17.8 Å². The van der Waals surface area contributed by atoms with Crippen molar-refractivity contribution < 1.29 is 31.6 Å². The lowest BCUT2D eigenvalue weighted by atomic mass is 10.2. The van der Waals surface area contributed by atoms with E-state index in [1.807, 2.05) is 0 Å². The minimum Gasteiger partial charge on any atom is -0.431 e. The van der Waals surface area contributed by atoms with Gasteiger partial charge < -0.3 is 9.73 Å². The second kappa shape index (κ2) is 7.42. The molecule has 0 unspecified atom stereocenters. The first-order valence-electron chi connectivity index (χ1n) is 7.45. The highest BCUT2D eigenvalue weighted by Crippen LogP contribution is 2.33. The molecule has 3 rings (SSSR count). The highest BCUT2D eigenvalue weighted by atomic mass is 19.4. The van der Waals surface area contributed by atoms with Crippen LogP contribution >= 0.6 is 0 Å². The number of nitrogens with zero attached hydrogens (tertiary/aromatic N) is 3. The Kier molecular flexibility index (Phi) is 5.02. The molecule has 144 valence electrons. The molecule has 2 amide bonds. The quantitative estimate of drug-likeness (QED) is 0.657. The number of hydrogen-bond donors (Lipinski definition) is 2. The molecular formula is C16H9F4N5O3. The molecule has 0 saturated carbocycles. The van der Waals surface area contributed by atoms with E-state index in [2.05, 4.69) is 25.6 Å². The summed E-state index contributed by atoms with van der Waals surface area (Å²) in [4.78, 5) is 35.2. The van der Waals surface area contributed by atoms with Crippen molar-refractivity contribution in [2.75, 3.05) is 10.6 Å². The summed E-state index contributed by atoms with van der Waals surface area (Å²) in [5.41, 5.74) is -2.18. The zero-order valence-corrected chi connectivity index (χ0v) is 13.6. The van der Waals surface area contributed by atoms with Crippen molar-refractivity contribution in [1.82, 2.24) is 15.0 Å². The van der Waals surface area contributed by atoms with Crippen LogP contribution in [0, 0.1) is 5.82 Å². The van der Waals surface area contributed by atoms with Crippen molar-refractivity contribution in [3.8, 4) is 0 Å². The van der Waals surface area contributed by atoms with E-state index in [4.69, 9.17) is 4.42 Å². The summed E-state index contributed by atoms with van der Waals surface area (Å²) in [6.45, 7) is 0. The first-order chi connectivity index (χ1) is 13.2. The molecule has 2 heterocycles. The molecule has 0 fully saturated rings. The van der Waals surface area contributed by atoms with Gasteiger partial charge in [-0.15, -0.1) is 0 Å². The van der Waals surface area contributed by atoms with Gasteiger partial charge in [0.2, 0.25) is 0 Å². The molecule has 0 aliphatic rings. The Balaban J connectivity index is 1.70. The van der Waals surface area contributed by atoms with Gasteiger partial charge in [0.05, 0.1) is 11.8 Å². The smallest absolute Gasteiger partial charge is 0.419 e. The Labute approximate surface area is 153 Å². The number of anilines is 2. The summed E-state index contributed by atoms with van der Waals surface area (Å²) >= 11 is 0. The van der Waals surface area contributed by atoms with Gasteiger partial charge in [0.15, 0.2) is 5.69 Å².